The summed E-state index contributed by atoms with van der Waals surface area (Å²) < 4.78 is 0. The number of amides is 1. The second-order valence-electron chi connectivity index (χ2n) is 9.10. The molecule has 1 heterocycles. The van der Waals surface area contributed by atoms with Crippen molar-refractivity contribution in [3.8, 4) is 0 Å². The molecule has 162 valence electrons. The maximum atomic E-state index is 13.1. The number of carbonyl (C=O) groups is 2. The number of fused-ring (bicyclic) bond motifs is 1. The van der Waals surface area contributed by atoms with Crippen LogP contribution >= 0.6 is 0 Å². The van der Waals surface area contributed by atoms with Gasteiger partial charge < -0.3 is 10.2 Å². The van der Waals surface area contributed by atoms with Crippen LogP contribution < -0.4 is 5.32 Å². The average Bonchev–Trinajstić information content (AvgIpc) is 3.08. The summed E-state index contributed by atoms with van der Waals surface area (Å²) in [7, 11) is 4.26. The first-order valence-electron chi connectivity index (χ1n) is 11.2. The van der Waals surface area contributed by atoms with Gasteiger partial charge >= 0.3 is 0 Å². The number of rotatable bonds is 6. The minimum absolute atomic E-state index is 0.00156. The highest BCUT2D eigenvalue weighted by molar-refractivity contribution is 6.24. The van der Waals surface area contributed by atoms with E-state index >= 15 is 0 Å². The quantitative estimate of drug-likeness (QED) is 0.555. The second-order valence-corrected chi connectivity index (χ2v) is 9.10. The van der Waals surface area contributed by atoms with Gasteiger partial charge in [0.15, 0.2) is 5.78 Å². The molecule has 5 nitrogen and oxygen atoms in total. The van der Waals surface area contributed by atoms with E-state index < -0.39 is 5.92 Å². The third kappa shape index (κ3) is 4.77. The molecular formula is C26H31N3O2. The van der Waals surface area contributed by atoms with Crippen LogP contribution in [0.4, 0.5) is 5.69 Å². The molecule has 1 fully saturated rings. The molecule has 1 aliphatic heterocycles. The Morgan fingerprint density at radius 2 is 1.74 bits per heavy atom. The van der Waals surface area contributed by atoms with Crippen molar-refractivity contribution in [3.63, 3.8) is 0 Å². The number of Topliss-reactive ketones (excluding diaryl/α,β-unsaturated/α-hetero) is 1. The van der Waals surface area contributed by atoms with Gasteiger partial charge in [-0.2, -0.15) is 0 Å². The summed E-state index contributed by atoms with van der Waals surface area (Å²) in [4.78, 5) is 32.5. The SMILES string of the molecule is CC(=O)c1ccc2c(c1)C(C(=NC1CCC(CN(C)C)CC1)c1ccccc1)C(=O)N2. The van der Waals surface area contributed by atoms with Crippen molar-refractivity contribution in [2.24, 2.45) is 10.9 Å². The van der Waals surface area contributed by atoms with Gasteiger partial charge in [0.25, 0.3) is 0 Å². The predicted molar refractivity (Wildman–Crippen MR) is 125 cm³/mol. The number of carbonyl (C=O) groups excluding carboxylic acids is 2. The normalized spacial score (nSPS) is 23.5. The van der Waals surface area contributed by atoms with E-state index in [0.717, 1.165) is 60.7 Å². The van der Waals surface area contributed by atoms with Crippen LogP contribution in [0.5, 0.6) is 0 Å². The van der Waals surface area contributed by atoms with Crippen LogP contribution in [0.2, 0.25) is 0 Å². The maximum absolute atomic E-state index is 13.1. The molecule has 1 amide bonds. The third-order valence-corrected chi connectivity index (χ3v) is 6.39. The van der Waals surface area contributed by atoms with E-state index in [1.807, 2.05) is 42.5 Å². The molecule has 1 unspecified atom stereocenters. The third-order valence-electron chi connectivity index (χ3n) is 6.39. The lowest BCUT2D eigenvalue weighted by molar-refractivity contribution is -0.115. The Hall–Kier alpha value is -2.79. The molecule has 0 bridgehead atoms. The number of hydrogen-bond donors (Lipinski definition) is 1. The number of benzene rings is 2. The molecule has 1 saturated carbocycles. The van der Waals surface area contributed by atoms with Crippen molar-refractivity contribution in [3.05, 3.63) is 65.2 Å². The summed E-state index contributed by atoms with van der Waals surface area (Å²) in [5.74, 6) is 0.157. The van der Waals surface area contributed by atoms with Crippen molar-refractivity contribution in [1.82, 2.24) is 4.90 Å². The summed E-state index contributed by atoms with van der Waals surface area (Å²) >= 11 is 0. The van der Waals surface area contributed by atoms with Gasteiger partial charge in [0.2, 0.25) is 5.91 Å². The fraction of sp³-hybridized carbons (Fsp3) is 0.423. The van der Waals surface area contributed by atoms with Gasteiger partial charge in [-0.15, -0.1) is 0 Å². The lowest BCUT2D eigenvalue weighted by Crippen LogP contribution is -2.29. The molecule has 0 saturated heterocycles. The van der Waals surface area contributed by atoms with Gasteiger partial charge in [-0.05, 0) is 81.9 Å². The monoisotopic (exact) mass is 417 g/mol. The number of aliphatic imine (C=N–C) groups is 1. The number of hydrogen-bond acceptors (Lipinski definition) is 4. The molecule has 2 aliphatic rings. The van der Waals surface area contributed by atoms with Crippen LogP contribution in [0.1, 0.15) is 60.0 Å². The Labute approximate surface area is 184 Å². The molecule has 1 aliphatic carbocycles. The summed E-state index contributed by atoms with van der Waals surface area (Å²) in [5, 5.41) is 2.99. The first-order valence-corrected chi connectivity index (χ1v) is 11.2. The highest BCUT2D eigenvalue weighted by Gasteiger charge is 2.36. The van der Waals surface area contributed by atoms with Gasteiger partial charge in [0.1, 0.15) is 5.92 Å². The second kappa shape index (κ2) is 9.15. The first-order chi connectivity index (χ1) is 14.9. The molecule has 2 aromatic carbocycles. The van der Waals surface area contributed by atoms with Crippen LogP contribution in [-0.2, 0) is 4.79 Å². The molecule has 0 radical (unpaired) electrons. The van der Waals surface area contributed by atoms with Crippen LogP contribution in [-0.4, -0.2) is 49.0 Å². The van der Waals surface area contributed by atoms with Crippen molar-refractivity contribution in [2.45, 2.75) is 44.6 Å². The standard InChI is InChI=1S/C26H31N3O2/c1-17(30)20-11-14-23-22(15-20)24(26(31)28-23)25(19-7-5-4-6-8-19)27-21-12-9-18(10-13-21)16-29(2)3/h4-8,11,14-15,18,21,24H,9-10,12-13,16H2,1-3H3,(H,28,31). The molecule has 5 heteroatoms. The van der Waals surface area contributed by atoms with Crippen molar-refractivity contribution >= 4 is 23.1 Å². The maximum Gasteiger partial charge on any atom is 0.238 e. The summed E-state index contributed by atoms with van der Waals surface area (Å²) in [5.41, 5.74) is 4.03. The van der Waals surface area contributed by atoms with Crippen LogP contribution in [0.3, 0.4) is 0 Å². The minimum Gasteiger partial charge on any atom is -0.325 e. The molecular weight excluding hydrogens is 386 g/mol. The summed E-state index contributed by atoms with van der Waals surface area (Å²) in [6, 6.07) is 15.7. The highest BCUT2D eigenvalue weighted by atomic mass is 16.2. The Bertz CT molecular complexity index is 989. The van der Waals surface area contributed by atoms with Crippen molar-refractivity contribution in [2.75, 3.05) is 26.0 Å². The van der Waals surface area contributed by atoms with E-state index in [4.69, 9.17) is 4.99 Å². The zero-order chi connectivity index (χ0) is 22.0. The largest absolute Gasteiger partial charge is 0.325 e. The van der Waals surface area contributed by atoms with E-state index in [2.05, 4.69) is 24.3 Å². The van der Waals surface area contributed by atoms with E-state index in [-0.39, 0.29) is 17.7 Å². The first kappa shape index (κ1) is 21.4. The number of nitrogens with zero attached hydrogens (tertiary/aromatic N) is 2. The average molecular weight is 418 g/mol. The molecule has 31 heavy (non-hydrogen) atoms. The Kier molecular flexibility index (Phi) is 6.33. The van der Waals surface area contributed by atoms with E-state index in [9.17, 15) is 9.59 Å². The van der Waals surface area contributed by atoms with Crippen molar-refractivity contribution < 1.29 is 9.59 Å². The van der Waals surface area contributed by atoms with E-state index in [1.54, 1.807) is 13.0 Å². The van der Waals surface area contributed by atoms with Gasteiger partial charge in [0.05, 0.1) is 11.8 Å². The predicted octanol–water partition coefficient (Wildman–Crippen LogP) is 4.53. The van der Waals surface area contributed by atoms with Crippen molar-refractivity contribution in [1.29, 1.82) is 0 Å². The van der Waals surface area contributed by atoms with Crippen LogP contribution in [0.15, 0.2) is 53.5 Å². The highest BCUT2D eigenvalue weighted by Crippen LogP contribution is 2.37. The van der Waals surface area contributed by atoms with Crippen LogP contribution in [0, 0.1) is 5.92 Å². The number of anilines is 1. The van der Waals surface area contributed by atoms with Gasteiger partial charge in [0, 0.05) is 17.8 Å². The zero-order valence-corrected chi connectivity index (χ0v) is 18.6. The smallest absolute Gasteiger partial charge is 0.238 e. The van der Waals surface area contributed by atoms with E-state index in [1.165, 1.54) is 0 Å². The summed E-state index contributed by atoms with van der Waals surface area (Å²) in [6.07, 6.45) is 4.42. The number of ketones is 1. The Balaban J connectivity index is 1.68. The van der Waals surface area contributed by atoms with Gasteiger partial charge in [-0.1, -0.05) is 30.3 Å². The lowest BCUT2D eigenvalue weighted by Gasteiger charge is -2.29. The topological polar surface area (TPSA) is 61.8 Å². The Morgan fingerprint density at radius 1 is 1.03 bits per heavy atom. The Morgan fingerprint density at radius 3 is 2.39 bits per heavy atom. The zero-order valence-electron chi connectivity index (χ0n) is 18.6. The molecule has 0 spiro atoms. The molecule has 2 aromatic rings. The fourth-order valence-electron chi connectivity index (χ4n) is 4.85. The van der Waals surface area contributed by atoms with Crippen LogP contribution in [0.25, 0.3) is 0 Å². The molecule has 1 N–H and O–H groups in total. The van der Waals surface area contributed by atoms with E-state index in [0.29, 0.717) is 5.56 Å². The fourth-order valence-corrected chi connectivity index (χ4v) is 4.85. The summed E-state index contributed by atoms with van der Waals surface area (Å²) in [6.45, 7) is 2.67. The minimum atomic E-state index is -0.490. The lowest BCUT2D eigenvalue weighted by atomic mass is 9.85. The molecule has 1 atom stereocenters. The van der Waals surface area contributed by atoms with Gasteiger partial charge in [-0.3, -0.25) is 14.6 Å². The number of nitrogens with one attached hydrogen (secondary N) is 1. The molecule has 4 rings (SSSR count). The van der Waals surface area contributed by atoms with Gasteiger partial charge in [-0.25, -0.2) is 0 Å². The molecule has 0 aromatic heterocycles.